The molecule has 0 radical (unpaired) electrons. The smallest absolute Gasteiger partial charge is 0.303 e. The van der Waals surface area contributed by atoms with Gasteiger partial charge >= 0.3 is 5.97 Å². The van der Waals surface area contributed by atoms with Crippen LogP contribution >= 0.6 is 0 Å². The highest BCUT2D eigenvalue weighted by Crippen LogP contribution is 2.30. The van der Waals surface area contributed by atoms with Gasteiger partial charge in [-0.15, -0.1) is 0 Å². The molecule has 22 heavy (non-hydrogen) atoms. The van der Waals surface area contributed by atoms with Crippen LogP contribution in [0.15, 0.2) is 12.2 Å². The summed E-state index contributed by atoms with van der Waals surface area (Å²) in [5.41, 5.74) is 0. The summed E-state index contributed by atoms with van der Waals surface area (Å²) in [6, 6.07) is 0. The number of carboxylic acid groups (broad SMARTS) is 1. The molecular weight excluding hydrogens is 280 g/mol. The maximum absolute atomic E-state index is 10.4. The summed E-state index contributed by atoms with van der Waals surface area (Å²) < 4.78 is 5.66. The topological polar surface area (TPSA) is 70.1 Å². The Morgan fingerprint density at radius 1 is 0.909 bits per heavy atom. The van der Waals surface area contributed by atoms with Gasteiger partial charge in [0.05, 0.1) is 12.2 Å². The van der Waals surface area contributed by atoms with Crippen molar-refractivity contribution in [3.05, 3.63) is 12.2 Å². The lowest BCUT2D eigenvalue weighted by molar-refractivity contribution is -0.137. The third-order valence-electron chi connectivity index (χ3n) is 4.13. The van der Waals surface area contributed by atoms with Crippen molar-refractivity contribution in [2.24, 2.45) is 0 Å². The van der Waals surface area contributed by atoms with E-state index in [9.17, 15) is 4.79 Å². The summed E-state index contributed by atoms with van der Waals surface area (Å²) in [5.74, 6) is -0.685. The minimum absolute atomic E-state index is 0.306. The van der Waals surface area contributed by atoms with E-state index in [1.807, 2.05) is 0 Å². The standard InChI is InChI=1S/C18H32O4/c19-15-11-7-2-1-4-8-12-16-17(22-16)13-9-5-3-6-10-14-18(20)21/h4,8,16-17,19H,1-3,5-7,9-15H2,(H,20,21)/b8-4-/t16-,17+/m0/s1. The summed E-state index contributed by atoms with van der Waals surface area (Å²) in [6.07, 6.45) is 17.5. The minimum atomic E-state index is -0.685. The zero-order valence-corrected chi connectivity index (χ0v) is 13.7. The lowest BCUT2D eigenvalue weighted by Crippen LogP contribution is -1.94. The molecule has 4 nitrogen and oxygen atoms in total. The molecule has 0 unspecified atom stereocenters. The molecule has 1 saturated heterocycles. The van der Waals surface area contributed by atoms with E-state index in [0.717, 1.165) is 57.8 Å². The van der Waals surface area contributed by atoms with Crippen LogP contribution in [0.1, 0.15) is 77.0 Å². The molecule has 128 valence electrons. The van der Waals surface area contributed by atoms with E-state index in [4.69, 9.17) is 14.9 Å². The number of unbranched alkanes of at least 4 members (excludes halogenated alkanes) is 7. The lowest BCUT2D eigenvalue weighted by Gasteiger charge is -1.99. The van der Waals surface area contributed by atoms with Crippen molar-refractivity contribution in [1.82, 2.24) is 0 Å². The van der Waals surface area contributed by atoms with Crippen LogP contribution in [0.4, 0.5) is 0 Å². The summed E-state index contributed by atoms with van der Waals surface area (Å²) in [5, 5.41) is 17.2. The van der Waals surface area contributed by atoms with Gasteiger partial charge in [0.25, 0.3) is 0 Å². The molecule has 0 aromatic rings. The minimum Gasteiger partial charge on any atom is -0.481 e. The van der Waals surface area contributed by atoms with Gasteiger partial charge in [-0.3, -0.25) is 4.79 Å². The molecule has 2 atom stereocenters. The first-order valence-electron chi connectivity index (χ1n) is 8.87. The molecule has 0 amide bonds. The lowest BCUT2D eigenvalue weighted by atomic mass is 10.1. The number of aliphatic hydroxyl groups excluding tert-OH is 1. The number of ether oxygens (including phenoxy) is 1. The van der Waals surface area contributed by atoms with Crippen molar-refractivity contribution in [3.8, 4) is 0 Å². The number of carbonyl (C=O) groups is 1. The predicted molar refractivity (Wildman–Crippen MR) is 87.9 cm³/mol. The van der Waals surface area contributed by atoms with Gasteiger partial charge in [-0.2, -0.15) is 0 Å². The third kappa shape index (κ3) is 10.8. The number of allylic oxidation sites excluding steroid dienone is 1. The molecule has 1 aliphatic heterocycles. The summed E-state index contributed by atoms with van der Waals surface area (Å²) in [7, 11) is 0. The number of carboxylic acids is 1. The average Bonchev–Trinajstić information content (AvgIpc) is 3.23. The summed E-state index contributed by atoms with van der Waals surface area (Å²) in [6.45, 7) is 0.306. The van der Waals surface area contributed by atoms with Crippen LogP contribution in [-0.2, 0) is 9.53 Å². The van der Waals surface area contributed by atoms with Gasteiger partial charge in [0.2, 0.25) is 0 Å². The zero-order valence-electron chi connectivity index (χ0n) is 13.7. The number of rotatable bonds is 15. The second-order valence-corrected chi connectivity index (χ2v) is 6.19. The number of epoxide rings is 1. The number of hydrogen-bond donors (Lipinski definition) is 2. The molecule has 2 N–H and O–H groups in total. The highest BCUT2D eigenvalue weighted by atomic mass is 16.6. The largest absolute Gasteiger partial charge is 0.481 e. The molecule has 1 rings (SSSR count). The molecule has 1 heterocycles. The van der Waals surface area contributed by atoms with Gasteiger partial charge in [-0.1, -0.05) is 44.3 Å². The van der Waals surface area contributed by atoms with Crippen molar-refractivity contribution in [1.29, 1.82) is 0 Å². The molecule has 4 heteroatoms. The second-order valence-electron chi connectivity index (χ2n) is 6.19. The van der Waals surface area contributed by atoms with E-state index in [1.165, 1.54) is 12.8 Å². The predicted octanol–water partition coefficient (Wildman–Crippen LogP) is 4.07. The fourth-order valence-corrected chi connectivity index (χ4v) is 2.69. The fraction of sp³-hybridized carbons (Fsp3) is 0.833. The van der Waals surface area contributed by atoms with E-state index in [2.05, 4.69) is 12.2 Å². The Labute approximate surface area is 134 Å². The Bertz CT molecular complexity index is 314. The first-order chi connectivity index (χ1) is 10.7. The summed E-state index contributed by atoms with van der Waals surface area (Å²) in [4.78, 5) is 10.4. The first kappa shape index (κ1) is 19.2. The van der Waals surface area contributed by atoms with Crippen molar-refractivity contribution in [3.63, 3.8) is 0 Å². The number of aliphatic carboxylic acids is 1. The molecule has 1 aliphatic rings. The van der Waals surface area contributed by atoms with Crippen LogP contribution in [0, 0.1) is 0 Å². The molecule has 0 aromatic carbocycles. The quantitative estimate of drug-likeness (QED) is 0.272. The van der Waals surface area contributed by atoms with E-state index in [0.29, 0.717) is 25.2 Å². The van der Waals surface area contributed by atoms with Crippen LogP contribution in [0.3, 0.4) is 0 Å². The van der Waals surface area contributed by atoms with Crippen molar-refractivity contribution in [2.75, 3.05) is 6.61 Å². The highest BCUT2D eigenvalue weighted by molar-refractivity contribution is 5.66. The third-order valence-corrected chi connectivity index (χ3v) is 4.13. The van der Waals surface area contributed by atoms with E-state index in [1.54, 1.807) is 0 Å². The van der Waals surface area contributed by atoms with Crippen LogP contribution < -0.4 is 0 Å². The molecule has 0 bridgehead atoms. The van der Waals surface area contributed by atoms with Crippen LogP contribution in [0.25, 0.3) is 0 Å². The van der Waals surface area contributed by atoms with Crippen LogP contribution in [0.5, 0.6) is 0 Å². The Kier molecular flexibility index (Phi) is 11.0. The van der Waals surface area contributed by atoms with Crippen LogP contribution in [-0.4, -0.2) is 35.0 Å². The summed E-state index contributed by atoms with van der Waals surface area (Å²) >= 11 is 0. The Morgan fingerprint density at radius 2 is 1.64 bits per heavy atom. The zero-order chi connectivity index (χ0) is 16.0. The van der Waals surface area contributed by atoms with E-state index >= 15 is 0 Å². The Morgan fingerprint density at radius 3 is 2.41 bits per heavy atom. The van der Waals surface area contributed by atoms with Gasteiger partial charge in [0.1, 0.15) is 0 Å². The number of aliphatic hydroxyl groups is 1. The SMILES string of the molecule is O=C(O)CCCCCCC[C@H]1O[C@H]1C/C=C\CCCCCO. The van der Waals surface area contributed by atoms with Gasteiger partial charge in [-0.25, -0.2) is 0 Å². The fourth-order valence-electron chi connectivity index (χ4n) is 2.69. The second kappa shape index (κ2) is 12.7. The van der Waals surface area contributed by atoms with Crippen molar-refractivity contribution >= 4 is 5.97 Å². The molecular formula is C18H32O4. The Balaban J connectivity index is 1.82. The van der Waals surface area contributed by atoms with E-state index in [-0.39, 0.29) is 0 Å². The van der Waals surface area contributed by atoms with E-state index < -0.39 is 5.97 Å². The molecule has 0 spiro atoms. The molecule has 0 aliphatic carbocycles. The number of hydrogen-bond acceptors (Lipinski definition) is 3. The molecule has 0 aromatic heterocycles. The molecule has 0 saturated carbocycles. The van der Waals surface area contributed by atoms with Gasteiger partial charge in [0, 0.05) is 13.0 Å². The normalized spacial score (nSPS) is 20.6. The Hall–Kier alpha value is -0.870. The molecule has 1 fully saturated rings. The van der Waals surface area contributed by atoms with Crippen molar-refractivity contribution in [2.45, 2.75) is 89.3 Å². The average molecular weight is 312 g/mol. The van der Waals surface area contributed by atoms with Gasteiger partial charge in [0.15, 0.2) is 0 Å². The van der Waals surface area contributed by atoms with Crippen LogP contribution in [0.2, 0.25) is 0 Å². The highest BCUT2D eigenvalue weighted by Gasteiger charge is 2.36. The first-order valence-corrected chi connectivity index (χ1v) is 8.87. The maximum Gasteiger partial charge on any atom is 0.303 e. The van der Waals surface area contributed by atoms with Crippen molar-refractivity contribution < 1.29 is 19.7 Å². The monoisotopic (exact) mass is 312 g/mol. The van der Waals surface area contributed by atoms with Gasteiger partial charge in [-0.05, 0) is 38.5 Å². The van der Waals surface area contributed by atoms with Gasteiger partial charge < -0.3 is 14.9 Å². The maximum atomic E-state index is 10.4.